The van der Waals surface area contributed by atoms with Crippen molar-refractivity contribution in [2.45, 2.75) is 38.3 Å². The number of hydrogen-bond acceptors (Lipinski definition) is 3. The Balaban J connectivity index is 1.75. The fourth-order valence-corrected chi connectivity index (χ4v) is 3.70. The minimum Gasteiger partial charge on any atom is -0.370 e. The normalized spacial score (nSPS) is 27.0. The maximum absolute atomic E-state index is 11.5. The van der Waals surface area contributed by atoms with Crippen molar-refractivity contribution in [3.63, 3.8) is 0 Å². The molecule has 5 heteroatoms. The maximum Gasteiger partial charge on any atom is 0.220 e. The average Bonchev–Trinajstić information content (AvgIpc) is 2.46. The molecule has 3 rings (SSSR count). The van der Waals surface area contributed by atoms with Gasteiger partial charge in [-0.1, -0.05) is 17.7 Å². The first kappa shape index (κ1) is 14.7. The monoisotopic (exact) mass is 307 g/mol. The third-order valence-corrected chi connectivity index (χ3v) is 4.96. The molecule has 3 unspecified atom stereocenters. The van der Waals surface area contributed by atoms with Crippen LogP contribution in [0.5, 0.6) is 0 Å². The predicted molar refractivity (Wildman–Crippen MR) is 85.5 cm³/mol. The van der Waals surface area contributed by atoms with Crippen molar-refractivity contribution in [3.05, 3.63) is 28.8 Å². The molecule has 0 aromatic heterocycles. The fourth-order valence-electron chi connectivity index (χ4n) is 3.39. The third kappa shape index (κ3) is 3.01. The molecule has 2 saturated heterocycles. The van der Waals surface area contributed by atoms with E-state index < -0.39 is 0 Å². The van der Waals surface area contributed by atoms with Crippen LogP contribution < -0.4 is 16.0 Å². The van der Waals surface area contributed by atoms with E-state index in [-0.39, 0.29) is 11.9 Å². The standard InChI is InChI=1S/C16H22ClN3O/c1-10(18)11-2-4-15(13(17)8-11)20-7-6-14-12(9-20)3-5-16(21)19-14/h2,4,8,10,12,14H,3,5-7,9,18H2,1H3,(H,19,21). The van der Waals surface area contributed by atoms with Gasteiger partial charge in [0.25, 0.3) is 0 Å². The number of amides is 1. The summed E-state index contributed by atoms with van der Waals surface area (Å²) < 4.78 is 0. The van der Waals surface area contributed by atoms with Gasteiger partial charge in [-0.2, -0.15) is 0 Å². The maximum atomic E-state index is 11.5. The fraction of sp³-hybridized carbons (Fsp3) is 0.562. The second-order valence-electron chi connectivity index (χ2n) is 6.21. The first-order valence-electron chi connectivity index (χ1n) is 7.64. The van der Waals surface area contributed by atoms with Crippen molar-refractivity contribution < 1.29 is 4.79 Å². The van der Waals surface area contributed by atoms with E-state index in [4.69, 9.17) is 17.3 Å². The van der Waals surface area contributed by atoms with Gasteiger partial charge in [-0.15, -0.1) is 0 Å². The average molecular weight is 308 g/mol. The molecule has 2 fully saturated rings. The molecule has 0 spiro atoms. The van der Waals surface area contributed by atoms with Gasteiger partial charge in [0.15, 0.2) is 0 Å². The molecule has 2 aliphatic heterocycles. The molecular weight excluding hydrogens is 286 g/mol. The Bertz CT molecular complexity index is 546. The van der Waals surface area contributed by atoms with E-state index in [9.17, 15) is 4.79 Å². The second kappa shape index (κ2) is 5.85. The van der Waals surface area contributed by atoms with Crippen molar-refractivity contribution >= 4 is 23.2 Å². The van der Waals surface area contributed by atoms with E-state index in [1.165, 1.54) is 0 Å². The topological polar surface area (TPSA) is 58.4 Å². The number of rotatable bonds is 2. The quantitative estimate of drug-likeness (QED) is 0.882. The lowest BCUT2D eigenvalue weighted by molar-refractivity contribution is -0.124. The molecule has 3 N–H and O–H groups in total. The van der Waals surface area contributed by atoms with Crippen molar-refractivity contribution in [2.24, 2.45) is 11.7 Å². The van der Waals surface area contributed by atoms with E-state index >= 15 is 0 Å². The lowest BCUT2D eigenvalue weighted by atomic mass is 9.85. The Morgan fingerprint density at radius 2 is 2.24 bits per heavy atom. The van der Waals surface area contributed by atoms with Gasteiger partial charge in [-0.3, -0.25) is 4.79 Å². The number of carbonyl (C=O) groups is 1. The van der Waals surface area contributed by atoms with E-state index in [2.05, 4.69) is 22.3 Å². The summed E-state index contributed by atoms with van der Waals surface area (Å²) in [7, 11) is 0. The summed E-state index contributed by atoms with van der Waals surface area (Å²) in [5.41, 5.74) is 8.04. The number of nitrogens with zero attached hydrogens (tertiary/aromatic N) is 1. The highest BCUT2D eigenvalue weighted by Crippen LogP contribution is 2.33. The zero-order chi connectivity index (χ0) is 15.0. The molecular formula is C16H22ClN3O. The Morgan fingerprint density at radius 1 is 1.43 bits per heavy atom. The van der Waals surface area contributed by atoms with Crippen molar-refractivity contribution in [3.8, 4) is 0 Å². The number of halogens is 1. The first-order chi connectivity index (χ1) is 10.0. The van der Waals surface area contributed by atoms with Crippen molar-refractivity contribution in [1.29, 1.82) is 0 Å². The van der Waals surface area contributed by atoms with Crippen LogP contribution in [0.25, 0.3) is 0 Å². The molecule has 1 amide bonds. The van der Waals surface area contributed by atoms with Gasteiger partial charge in [0.1, 0.15) is 0 Å². The molecule has 0 aliphatic carbocycles. The highest BCUT2D eigenvalue weighted by atomic mass is 35.5. The smallest absolute Gasteiger partial charge is 0.220 e. The summed E-state index contributed by atoms with van der Waals surface area (Å²) in [5, 5.41) is 3.88. The molecule has 2 heterocycles. The molecule has 0 radical (unpaired) electrons. The third-order valence-electron chi connectivity index (χ3n) is 4.66. The Hall–Kier alpha value is -1.26. The van der Waals surface area contributed by atoms with Crippen LogP contribution in [0.1, 0.15) is 37.8 Å². The van der Waals surface area contributed by atoms with Gasteiger partial charge >= 0.3 is 0 Å². The molecule has 3 atom stereocenters. The summed E-state index contributed by atoms with van der Waals surface area (Å²) in [6.07, 6.45) is 2.61. The molecule has 4 nitrogen and oxygen atoms in total. The predicted octanol–water partition coefficient (Wildman–Crippen LogP) is 2.46. The number of nitrogens with one attached hydrogen (secondary N) is 1. The summed E-state index contributed by atoms with van der Waals surface area (Å²) in [4.78, 5) is 13.8. The molecule has 21 heavy (non-hydrogen) atoms. The van der Waals surface area contributed by atoms with Gasteiger partial charge in [-0.05, 0) is 43.4 Å². The van der Waals surface area contributed by atoms with Crippen LogP contribution in [0, 0.1) is 5.92 Å². The number of benzene rings is 1. The highest BCUT2D eigenvalue weighted by molar-refractivity contribution is 6.33. The number of piperidine rings is 2. The number of carbonyl (C=O) groups excluding carboxylic acids is 1. The van der Waals surface area contributed by atoms with Crippen LogP contribution in [-0.2, 0) is 4.79 Å². The molecule has 0 saturated carbocycles. The first-order valence-corrected chi connectivity index (χ1v) is 8.01. The summed E-state index contributed by atoms with van der Waals surface area (Å²) in [6, 6.07) is 6.43. The lowest BCUT2D eigenvalue weighted by Crippen LogP contribution is -2.54. The minimum atomic E-state index is -0.00385. The van der Waals surface area contributed by atoms with E-state index in [1.807, 2.05) is 13.0 Å². The van der Waals surface area contributed by atoms with Gasteiger partial charge in [0.2, 0.25) is 5.91 Å². The minimum absolute atomic E-state index is 0.00385. The van der Waals surface area contributed by atoms with E-state index in [0.717, 1.165) is 42.2 Å². The zero-order valence-electron chi connectivity index (χ0n) is 12.3. The van der Waals surface area contributed by atoms with Crippen LogP contribution in [0.4, 0.5) is 5.69 Å². The van der Waals surface area contributed by atoms with Crippen LogP contribution in [0.15, 0.2) is 18.2 Å². The summed E-state index contributed by atoms with van der Waals surface area (Å²) in [5.74, 6) is 0.727. The molecule has 0 bridgehead atoms. The number of hydrogen-bond donors (Lipinski definition) is 2. The Labute approximate surface area is 130 Å². The van der Waals surface area contributed by atoms with Crippen LogP contribution in [0.3, 0.4) is 0 Å². The molecule has 1 aromatic rings. The highest BCUT2D eigenvalue weighted by Gasteiger charge is 2.34. The molecule has 2 aliphatic rings. The van der Waals surface area contributed by atoms with Crippen molar-refractivity contribution in [2.75, 3.05) is 18.0 Å². The number of anilines is 1. The number of fused-ring (bicyclic) bond motifs is 1. The largest absolute Gasteiger partial charge is 0.370 e. The van der Waals surface area contributed by atoms with Crippen LogP contribution in [0.2, 0.25) is 5.02 Å². The summed E-state index contributed by atoms with van der Waals surface area (Å²) in [6.45, 7) is 3.85. The van der Waals surface area contributed by atoms with Gasteiger partial charge in [-0.25, -0.2) is 0 Å². The lowest BCUT2D eigenvalue weighted by Gasteiger charge is -2.42. The van der Waals surface area contributed by atoms with Crippen LogP contribution in [-0.4, -0.2) is 25.0 Å². The molecule has 114 valence electrons. The second-order valence-corrected chi connectivity index (χ2v) is 6.61. The van der Waals surface area contributed by atoms with Crippen molar-refractivity contribution in [1.82, 2.24) is 5.32 Å². The van der Waals surface area contributed by atoms with Gasteiger partial charge in [0.05, 0.1) is 10.7 Å². The van der Waals surface area contributed by atoms with E-state index in [1.54, 1.807) is 0 Å². The van der Waals surface area contributed by atoms with E-state index in [0.29, 0.717) is 18.4 Å². The number of nitrogens with two attached hydrogens (primary N) is 1. The Morgan fingerprint density at radius 3 is 2.95 bits per heavy atom. The zero-order valence-corrected chi connectivity index (χ0v) is 13.1. The molecule has 1 aromatic carbocycles. The Kier molecular flexibility index (Phi) is 4.09. The van der Waals surface area contributed by atoms with Gasteiger partial charge in [0, 0.05) is 31.6 Å². The summed E-state index contributed by atoms with van der Waals surface area (Å²) >= 11 is 6.44. The SMILES string of the molecule is CC(N)c1ccc(N2CCC3NC(=O)CCC3C2)c(Cl)c1. The van der Waals surface area contributed by atoms with Crippen LogP contribution >= 0.6 is 11.6 Å². The van der Waals surface area contributed by atoms with Gasteiger partial charge < -0.3 is 16.0 Å².